The molecule has 0 radical (unpaired) electrons. The van der Waals surface area contributed by atoms with Gasteiger partial charge < -0.3 is 5.32 Å². The molecule has 0 bridgehead atoms. The first kappa shape index (κ1) is 14.3. The fourth-order valence-corrected chi connectivity index (χ4v) is 3.90. The molecule has 1 unspecified atom stereocenters. The molecule has 1 heterocycles. The van der Waals surface area contributed by atoms with Crippen LogP contribution in [0, 0.1) is 0 Å². The Morgan fingerprint density at radius 3 is 2.79 bits per heavy atom. The van der Waals surface area contributed by atoms with E-state index < -0.39 is 10.0 Å². The van der Waals surface area contributed by atoms with Crippen LogP contribution in [-0.2, 0) is 16.4 Å². The van der Waals surface area contributed by atoms with E-state index in [2.05, 4.69) is 10.0 Å². The van der Waals surface area contributed by atoms with Crippen molar-refractivity contribution in [3.05, 3.63) is 29.8 Å². The van der Waals surface area contributed by atoms with E-state index in [4.69, 9.17) is 0 Å². The van der Waals surface area contributed by atoms with Gasteiger partial charge >= 0.3 is 0 Å². The van der Waals surface area contributed by atoms with Gasteiger partial charge in [-0.15, -0.1) is 0 Å². The second kappa shape index (κ2) is 6.39. The number of aryl methyl sites for hydroxylation is 1. The van der Waals surface area contributed by atoms with Gasteiger partial charge in [-0.25, -0.2) is 8.42 Å². The molecule has 1 fully saturated rings. The fourth-order valence-electron chi connectivity index (χ4n) is 2.47. The first-order valence-electron chi connectivity index (χ1n) is 6.92. The van der Waals surface area contributed by atoms with Crippen molar-refractivity contribution in [2.75, 3.05) is 17.0 Å². The maximum absolute atomic E-state index is 12.2. The van der Waals surface area contributed by atoms with E-state index >= 15 is 0 Å². The monoisotopic (exact) mass is 282 g/mol. The topological polar surface area (TPSA) is 58.2 Å². The van der Waals surface area contributed by atoms with Crippen LogP contribution in [0.1, 0.15) is 31.7 Å². The van der Waals surface area contributed by atoms with Gasteiger partial charge in [-0.05, 0) is 37.4 Å². The van der Waals surface area contributed by atoms with E-state index in [1.54, 1.807) is 0 Å². The number of hydrogen-bond donors (Lipinski definition) is 2. The lowest BCUT2D eigenvalue weighted by molar-refractivity contribution is 0.424. The van der Waals surface area contributed by atoms with Crippen molar-refractivity contribution in [2.24, 2.45) is 0 Å². The van der Waals surface area contributed by atoms with Gasteiger partial charge in [0.25, 0.3) is 0 Å². The van der Waals surface area contributed by atoms with E-state index in [1.165, 1.54) is 0 Å². The van der Waals surface area contributed by atoms with Gasteiger partial charge in [0.1, 0.15) is 0 Å². The van der Waals surface area contributed by atoms with Gasteiger partial charge in [0, 0.05) is 6.04 Å². The van der Waals surface area contributed by atoms with Crippen LogP contribution in [-0.4, -0.2) is 26.8 Å². The van der Waals surface area contributed by atoms with Crippen molar-refractivity contribution in [1.29, 1.82) is 0 Å². The summed E-state index contributed by atoms with van der Waals surface area (Å²) >= 11 is 0. The molecule has 0 saturated carbocycles. The van der Waals surface area contributed by atoms with Crippen LogP contribution < -0.4 is 10.0 Å². The quantitative estimate of drug-likeness (QED) is 0.870. The zero-order chi connectivity index (χ0) is 13.7. The highest BCUT2D eigenvalue weighted by Crippen LogP contribution is 2.18. The number of benzene rings is 1. The number of hydrogen-bond acceptors (Lipinski definition) is 3. The summed E-state index contributed by atoms with van der Waals surface area (Å²) in [6.45, 7) is 2.95. The lowest BCUT2D eigenvalue weighted by Crippen LogP contribution is -2.40. The van der Waals surface area contributed by atoms with Crippen molar-refractivity contribution >= 4 is 15.7 Å². The van der Waals surface area contributed by atoms with Crippen molar-refractivity contribution in [1.82, 2.24) is 5.32 Å². The highest BCUT2D eigenvalue weighted by molar-refractivity contribution is 7.92. The lowest BCUT2D eigenvalue weighted by Gasteiger charge is -2.23. The predicted molar refractivity (Wildman–Crippen MR) is 78.9 cm³/mol. The third kappa shape index (κ3) is 4.21. The van der Waals surface area contributed by atoms with Crippen molar-refractivity contribution in [3.63, 3.8) is 0 Å². The summed E-state index contributed by atoms with van der Waals surface area (Å²) in [6, 6.07) is 7.65. The molecule has 2 N–H and O–H groups in total. The molecule has 19 heavy (non-hydrogen) atoms. The standard InChI is InChI=1S/C14H22N2O2S/c1-2-12-7-3-4-9-14(12)16-19(17,18)11-13-8-5-6-10-15-13/h3-4,7,9,13,15-16H,2,5-6,8,10-11H2,1H3. The Hall–Kier alpha value is -1.07. The maximum Gasteiger partial charge on any atom is 0.234 e. The molecule has 4 nitrogen and oxygen atoms in total. The third-order valence-corrected chi connectivity index (χ3v) is 4.87. The molecular weight excluding hydrogens is 260 g/mol. The lowest BCUT2D eigenvalue weighted by atomic mass is 10.1. The molecule has 2 rings (SSSR count). The average Bonchev–Trinajstić information content (AvgIpc) is 2.39. The molecule has 1 aromatic rings. The van der Waals surface area contributed by atoms with E-state index in [0.717, 1.165) is 37.8 Å². The minimum Gasteiger partial charge on any atom is -0.313 e. The van der Waals surface area contributed by atoms with Gasteiger partial charge in [0.05, 0.1) is 11.4 Å². The normalized spacial score (nSPS) is 20.2. The van der Waals surface area contributed by atoms with Crippen molar-refractivity contribution in [2.45, 2.75) is 38.6 Å². The molecule has 0 aromatic heterocycles. The first-order valence-corrected chi connectivity index (χ1v) is 8.58. The molecule has 5 heteroatoms. The second-order valence-electron chi connectivity index (χ2n) is 5.04. The molecular formula is C14H22N2O2S. The van der Waals surface area contributed by atoms with Gasteiger partial charge in [-0.3, -0.25) is 4.72 Å². The van der Waals surface area contributed by atoms with E-state index in [-0.39, 0.29) is 11.8 Å². The molecule has 1 atom stereocenters. The molecule has 1 aliphatic heterocycles. The number of anilines is 1. The molecule has 106 valence electrons. The Morgan fingerprint density at radius 2 is 2.11 bits per heavy atom. The Morgan fingerprint density at radius 1 is 1.32 bits per heavy atom. The van der Waals surface area contributed by atoms with Crippen LogP contribution >= 0.6 is 0 Å². The van der Waals surface area contributed by atoms with Crippen LogP contribution in [0.4, 0.5) is 5.69 Å². The fraction of sp³-hybridized carbons (Fsp3) is 0.571. The zero-order valence-electron chi connectivity index (χ0n) is 11.4. The summed E-state index contributed by atoms with van der Waals surface area (Å²) in [5.74, 6) is 0.158. The van der Waals surface area contributed by atoms with E-state index in [1.807, 2.05) is 31.2 Å². The van der Waals surface area contributed by atoms with Crippen LogP contribution in [0.3, 0.4) is 0 Å². The predicted octanol–water partition coefficient (Wildman–Crippen LogP) is 2.13. The minimum absolute atomic E-state index is 0.0834. The molecule has 0 amide bonds. The maximum atomic E-state index is 12.2. The third-order valence-electron chi connectivity index (χ3n) is 3.50. The first-order chi connectivity index (χ1) is 9.11. The molecule has 1 aromatic carbocycles. The van der Waals surface area contributed by atoms with Crippen LogP contribution in [0.5, 0.6) is 0 Å². The SMILES string of the molecule is CCc1ccccc1NS(=O)(=O)CC1CCCCN1. The summed E-state index contributed by atoms with van der Waals surface area (Å²) in [5.41, 5.74) is 1.74. The largest absolute Gasteiger partial charge is 0.313 e. The van der Waals surface area contributed by atoms with E-state index in [0.29, 0.717) is 5.69 Å². The van der Waals surface area contributed by atoms with Crippen molar-refractivity contribution < 1.29 is 8.42 Å². The minimum atomic E-state index is -3.28. The summed E-state index contributed by atoms with van der Waals surface area (Å²) in [4.78, 5) is 0. The highest BCUT2D eigenvalue weighted by atomic mass is 32.2. The number of sulfonamides is 1. The molecule has 0 aliphatic carbocycles. The Balaban J connectivity index is 2.03. The van der Waals surface area contributed by atoms with Crippen LogP contribution in [0.25, 0.3) is 0 Å². The average molecular weight is 282 g/mol. The van der Waals surface area contributed by atoms with E-state index in [9.17, 15) is 8.42 Å². The highest BCUT2D eigenvalue weighted by Gasteiger charge is 2.21. The summed E-state index contributed by atoms with van der Waals surface area (Å²) in [5, 5.41) is 3.27. The van der Waals surface area contributed by atoms with Crippen molar-refractivity contribution in [3.8, 4) is 0 Å². The number of para-hydroxylation sites is 1. The zero-order valence-corrected chi connectivity index (χ0v) is 12.2. The van der Waals surface area contributed by atoms with Gasteiger partial charge in [0.2, 0.25) is 10.0 Å². The Kier molecular flexibility index (Phi) is 4.82. The molecule has 1 saturated heterocycles. The number of piperidine rings is 1. The smallest absolute Gasteiger partial charge is 0.234 e. The second-order valence-corrected chi connectivity index (χ2v) is 6.81. The van der Waals surface area contributed by atoms with Gasteiger partial charge in [-0.1, -0.05) is 31.5 Å². The summed E-state index contributed by atoms with van der Waals surface area (Å²) < 4.78 is 27.1. The molecule has 1 aliphatic rings. The van der Waals surface area contributed by atoms with Crippen LogP contribution in [0.2, 0.25) is 0 Å². The number of nitrogens with one attached hydrogen (secondary N) is 2. The Labute approximate surface area is 115 Å². The van der Waals surface area contributed by atoms with Gasteiger partial charge in [-0.2, -0.15) is 0 Å². The van der Waals surface area contributed by atoms with Crippen LogP contribution in [0.15, 0.2) is 24.3 Å². The van der Waals surface area contributed by atoms with Gasteiger partial charge in [0.15, 0.2) is 0 Å². The summed E-state index contributed by atoms with van der Waals surface area (Å²) in [6.07, 6.45) is 4.01. The number of rotatable bonds is 5. The summed E-state index contributed by atoms with van der Waals surface area (Å²) in [7, 11) is -3.28. The molecule has 0 spiro atoms. The Bertz CT molecular complexity index is 508.